The van der Waals surface area contributed by atoms with Crippen molar-refractivity contribution in [1.29, 1.82) is 0 Å². The minimum Gasteiger partial charge on any atom is -0.493 e. The first-order chi connectivity index (χ1) is 10.3. The van der Waals surface area contributed by atoms with Crippen molar-refractivity contribution in [3.63, 3.8) is 0 Å². The molecule has 1 aromatic carbocycles. The van der Waals surface area contributed by atoms with Crippen LogP contribution in [0, 0.1) is 0 Å². The minimum absolute atomic E-state index is 0.0872. The average molecular weight is 301 g/mol. The van der Waals surface area contributed by atoms with Gasteiger partial charge in [0, 0.05) is 23.3 Å². The van der Waals surface area contributed by atoms with Gasteiger partial charge >= 0.3 is 0 Å². The van der Waals surface area contributed by atoms with E-state index in [9.17, 15) is 4.79 Å². The van der Waals surface area contributed by atoms with Crippen molar-refractivity contribution < 1.29 is 9.53 Å². The first-order valence-corrected chi connectivity index (χ1v) is 8.24. The number of para-hydroxylation sites is 1. The van der Waals surface area contributed by atoms with Crippen molar-refractivity contribution in [2.45, 2.75) is 31.7 Å². The molecule has 0 saturated heterocycles. The lowest BCUT2D eigenvalue weighted by atomic mass is 10.0. The smallest absolute Gasteiger partial charge is 0.220 e. The van der Waals surface area contributed by atoms with Crippen LogP contribution in [0.2, 0.25) is 0 Å². The van der Waals surface area contributed by atoms with Gasteiger partial charge in [-0.3, -0.25) is 4.79 Å². The second-order valence-corrected chi connectivity index (χ2v) is 6.26. The third-order valence-corrected chi connectivity index (χ3v) is 4.64. The molecule has 1 aromatic heterocycles. The molecule has 1 amide bonds. The van der Waals surface area contributed by atoms with Crippen molar-refractivity contribution in [3.8, 4) is 5.75 Å². The number of carbonyl (C=O) groups is 1. The SMILES string of the molecule is O=C(CCCc1cccs1)N[C@@H]1CCOc2ccccc21. The van der Waals surface area contributed by atoms with E-state index in [0.29, 0.717) is 13.0 Å². The van der Waals surface area contributed by atoms with Gasteiger partial charge in [0.05, 0.1) is 12.6 Å². The lowest BCUT2D eigenvalue weighted by Crippen LogP contribution is -2.32. The molecule has 0 aliphatic carbocycles. The van der Waals surface area contributed by atoms with E-state index in [1.807, 2.05) is 24.3 Å². The van der Waals surface area contributed by atoms with Crippen LogP contribution in [0.5, 0.6) is 5.75 Å². The lowest BCUT2D eigenvalue weighted by Gasteiger charge is -2.26. The largest absolute Gasteiger partial charge is 0.493 e. The fourth-order valence-electron chi connectivity index (χ4n) is 2.64. The summed E-state index contributed by atoms with van der Waals surface area (Å²) in [6.07, 6.45) is 3.30. The molecular weight excluding hydrogens is 282 g/mol. The van der Waals surface area contributed by atoms with Crippen molar-refractivity contribution in [2.24, 2.45) is 0 Å². The fourth-order valence-corrected chi connectivity index (χ4v) is 3.39. The Kier molecular flexibility index (Phi) is 4.55. The molecule has 4 heteroatoms. The highest BCUT2D eigenvalue weighted by atomic mass is 32.1. The molecule has 21 heavy (non-hydrogen) atoms. The Morgan fingerprint density at radius 3 is 3.05 bits per heavy atom. The number of nitrogens with one attached hydrogen (secondary N) is 1. The summed E-state index contributed by atoms with van der Waals surface area (Å²) in [5.41, 5.74) is 1.09. The number of thiophene rings is 1. The Morgan fingerprint density at radius 1 is 1.29 bits per heavy atom. The number of carbonyl (C=O) groups excluding carboxylic acids is 1. The first-order valence-electron chi connectivity index (χ1n) is 7.36. The number of hydrogen-bond donors (Lipinski definition) is 1. The summed E-state index contributed by atoms with van der Waals surface area (Å²) in [6.45, 7) is 0.664. The molecule has 1 aliphatic rings. The monoisotopic (exact) mass is 301 g/mol. The third-order valence-electron chi connectivity index (χ3n) is 3.70. The lowest BCUT2D eigenvalue weighted by molar-refractivity contribution is -0.122. The first kappa shape index (κ1) is 14.1. The van der Waals surface area contributed by atoms with Crippen LogP contribution in [0.4, 0.5) is 0 Å². The Hall–Kier alpha value is -1.81. The summed E-state index contributed by atoms with van der Waals surface area (Å²) in [4.78, 5) is 13.4. The normalized spacial score (nSPS) is 16.9. The van der Waals surface area contributed by atoms with E-state index in [0.717, 1.165) is 30.6 Å². The molecule has 0 bridgehead atoms. The van der Waals surface area contributed by atoms with Crippen LogP contribution in [0.3, 0.4) is 0 Å². The van der Waals surface area contributed by atoms with Crippen molar-refractivity contribution >= 4 is 17.2 Å². The van der Waals surface area contributed by atoms with Gasteiger partial charge in [-0.25, -0.2) is 0 Å². The van der Waals surface area contributed by atoms with Gasteiger partial charge in [0.25, 0.3) is 0 Å². The number of amides is 1. The molecule has 0 saturated carbocycles. The molecule has 0 unspecified atom stereocenters. The zero-order valence-electron chi connectivity index (χ0n) is 11.9. The molecule has 1 atom stereocenters. The second kappa shape index (κ2) is 6.76. The van der Waals surface area contributed by atoms with E-state index in [2.05, 4.69) is 22.8 Å². The number of rotatable bonds is 5. The van der Waals surface area contributed by atoms with Crippen LogP contribution in [-0.2, 0) is 11.2 Å². The van der Waals surface area contributed by atoms with Gasteiger partial charge in [-0.2, -0.15) is 0 Å². The Bertz CT molecular complexity index is 595. The van der Waals surface area contributed by atoms with Crippen LogP contribution >= 0.6 is 11.3 Å². The van der Waals surface area contributed by atoms with Gasteiger partial charge < -0.3 is 10.1 Å². The average Bonchev–Trinajstić information content (AvgIpc) is 3.01. The zero-order chi connectivity index (χ0) is 14.5. The molecular formula is C17H19NO2S. The van der Waals surface area contributed by atoms with Crippen molar-refractivity contribution in [1.82, 2.24) is 5.32 Å². The number of benzene rings is 1. The Labute approximate surface area is 129 Å². The number of ether oxygens (including phenoxy) is 1. The predicted octanol–water partition coefficient (Wildman–Crippen LogP) is 3.71. The van der Waals surface area contributed by atoms with Crippen LogP contribution in [0.1, 0.15) is 35.7 Å². The molecule has 2 heterocycles. The summed E-state index contributed by atoms with van der Waals surface area (Å²) < 4.78 is 5.62. The molecule has 0 radical (unpaired) electrons. The highest BCUT2D eigenvalue weighted by molar-refractivity contribution is 7.09. The molecule has 110 valence electrons. The predicted molar refractivity (Wildman–Crippen MR) is 84.7 cm³/mol. The van der Waals surface area contributed by atoms with E-state index in [1.165, 1.54) is 4.88 Å². The maximum absolute atomic E-state index is 12.1. The standard InChI is InChI=1S/C17H19NO2S/c19-17(9-3-5-13-6-4-12-21-13)18-15-10-11-20-16-8-2-1-7-14(15)16/h1-2,4,6-8,12,15H,3,5,9-11H2,(H,18,19)/t15-/m1/s1. The fraction of sp³-hybridized carbons (Fsp3) is 0.353. The van der Waals surface area contributed by atoms with E-state index >= 15 is 0 Å². The van der Waals surface area contributed by atoms with Gasteiger partial charge in [0.15, 0.2) is 0 Å². The van der Waals surface area contributed by atoms with Gasteiger partial charge in [0.2, 0.25) is 5.91 Å². The van der Waals surface area contributed by atoms with E-state index < -0.39 is 0 Å². The topological polar surface area (TPSA) is 38.3 Å². The maximum Gasteiger partial charge on any atom is 0.220 e. The van der Waals surface area contributed by atoms with Crippen molar-refractivity contribution in [3.05, 3.63) is 52.2 Å². The Balaban J connectivity index is 1.51. The van der Waals surface area contributed by atoms with Gasteiger partial charge in [-0.05, 0) is 30.4 Å². The summed E-state index contributed by atoms with van der Waals surface area (Å²) in [5, 5.41) is 5.22. The summed E-state index contributed by atoms with van der Waals surface area (Å²) in [6, 6.07) is 12.2. The molecule has 3 rings (SSSR count). The number of hydrogen-bond acceptors (Lipinski definition) is 3. The van der Waals surface area contributed by atoms with Gasteiger partial charge in [-0.1, -0.05) is 24.3 Å². The van der Waals surface area contributed by atoms with E-state index in [4.69, 9.17) is 4.74 Å². The van der Waals surface area contributed by atoms with E-state index in [-0.39, 0.29) is 11.9 Å². The van der Waals surface area contributed by atoms with Crippen LogP contribution in [0.25, 0.3) is 0 Å². The third kappa shape index (κ3) is 3.64. The summed E-state index contributed by atoms with van der Waals surface area (Å²) >= 11 is 1.75. The molecule has 0 spiro atoms. The van der Waals surface area contributed by atoms with E-state index in [1.54, 1.807) is 11.3 Å². The number of aryl methyl sites for hydroxylation is 1. The molecule has 0 fully saturated rings. The molecule has 3 nitrogen and oxygen atoms in total. The summed E-state index contributed by atoms with van der Waals surface area (Å²) in [7, 11) is 0. The van der Waals surface area contributed by atoms with Gasteiger partial charge in [0.1, 0.15) is 5.75 Å². The number of fused-ring (bicyclic) bond motifs is 1. The van der Waals surface area contributed by atoms with Crippen molar-refractivity contribution in [2.75, 3.05) is 6.61 Å². The molecule has 2 aromatic rings. The highest BCUT2D eigenvalue weighted by Crippen LogP contribution is 2.31. The molecule has 1 aliphatic heterocycles. The molecule has 1 N–H and O–H groups in total. The maximum atomic E-state index is 12.1. The second-order valence-electron chi connectivity index (χ2n) is 5.23. The van der Waals surface area contributed by atoms with Crippen LogP contribution in [0.15, 0.2) is 41.8 Å². The highest BCUT2D eigenvalue weighted by Gasteiger charge is 2.22. The Morgan fingerprint density at radius 2 is 2.19 bits per heavy atom. The minimum atomic E-state index is 0.0872. The quantitative estimate of drug-likeness (QED) is 0.914. The van der Waals surface area contributed by atoms with Crippen LogP contribution < -0.4 is 10.1 Å². The van der Waals surface area contributed by atoms with Crippen LogP contribution in [-0.4, -0.2) is 12.5 Å². The zero-order valence-corrected chi connectivity index (χ0v) is 12.7. The summed E-state index contributed by atoms with van der Waals surface area (Å²) in [5.74, 6) is 1.03. The van der Waals surface area contributed by atoms with Gasteiger partial charge in [-0.15, -0.1) is 11.3 Å².